The number of fused-ring (bicyclic) bond motifs is 1. The third kappa shape index (κ3) is 5.12. The van der Waals surface area contributed by atoms with Gasteiger partial charge in [0.15, 0.2) is 5.96 Å². The molecule has 1 aliphatic rings. The highest BCUT2D eigenvalue weighted by molar-refractivity contribution is 5.80. The lowest BCUT2D eigenvalue weighted by Gasteiger charge is -2.16. The van der Waals surface area contributed by atoms with E-state index in [0.717, 1.165) is 56.5 Å². The van der Waals surface area contributed by atoms with Crippen LogP contribution in [0.5, 0.6) is 0 Å². The van der Waals surface area contributed by atoms with E-state index < -0.39 is 0 Å². The van der Waals surface area contributed by atoms with Crippen LogP contribution in [0, 0.1) is 0 Å². The van der Waals surface area contributed by atoms with E-state index in [-0.39, 0.29) is 0 Å². The van der Waals surface area contributed by atoms with Gasteiger partial charge in [-0.15, -0.1) is 0 Å². The third-order valence-corrected chi connectivity index (χ3v) is 5.55. The van der Waals surface area contributed by atoms with E-state index in [1.165, 1.54) is 23.7 Å². The molecule has 30 heavy (non-hydrogen) atoms. The van der Waals surface area contributed by atoms with Gasteiger partial charge in [0, 0.05) is 50.6 Å². The van der Waals surface area contributed by atoms with Gasteiger partial charge in [-0.3, -0.25) is 0 Å². The fourth-order valence-corrected chi connectivity index (χ4v) is 3.95. The van der Waals surface area contributed by atoms with Gasteiger partial charge < -0.3 is 20.1 Å². The number of para-hydroxylation sites is 1. The standard InChI is InChI=1S/C24H32N6/c1-2-25-24(26-13-7-16-29-17-12-21-8-3-4-9-22(21)29)28-19-20-10-11-23(27-18-20)30-14-5-6-15-30/h3-4,8-12,17-18H,2,5-7,13-16,19H2,1H3,(H2,25,26,28). The number of nitrogens with one attached hydrogen (secondary N) is 2. The van der Waals surface area contributed by atoms with E-state index in [0.29, 0.717) is 6.54 Å². The first kappa shape index (κ1) is 20.3. The molecule has 1 fully saturated rings. The summed E-state index contributed by atoms with van der Waals surface area (Å²) in [4.78, 5) is 11.7. The second-order valence-electron chi connectivity index (χ2n) is 7.76. The zero-order valence-electron chi connectivity index (χ0n) is 17.8. The summed E-state index contributed by atoms with van der Waals surface area (Å²) in [5.74, 6) is 1.95. The predicted molar refractivity (Wildman–Crippen MR) is 125 cm³/mol. The molecule has 0 aliphatic carbocycles. The van der Waals surface area contributed by atoms with Gasteiger partial charge in [-0.25, -0.2) is 9.98 Å². The largest absolute Gasteiger partial charge is 0.357 e. The monoisotopic (exact) mass is 404 g/mol. The fourth-order valence-electron chi connectivity index (χ4n) is 3.95. The molecule has 0 amide bonds. The maximum atomic E-state index is 4.73. The Balaban J connectivity index is 1.27. The van der Waals surface area contributed by atoms with Gasteiger partial charge in [-0.2, -0.15) is 0 Å². The van der Waals surface area contributed by atoms with Crippen LogP contribution in [0.3, 0.4) is 0 Å². The fraction of sp³-hybridized carbons (Fsp3) is 0.417. The highest BCUT2D eigenvalue weighted by Crippen LogP contribution is 2.18. The lowest BCUT2D eigenvalue weighted by atomic mass is 10.2. The summed E-state index contributed by atoms with van der Waals surface area (Å²) >= 11 is 0. The predicted octanol–water partition coefficient (Wildman–Crippen LogP) is 3.78. The third-order valence-electron chi connectivity index (χ3n) is 5.55. The van der Waals surface area contributed by atoms with Crippen molar-refractivity contribution in [2.45, 2.75) is 39.3 Å². The molecule has 0 radical (unpaired) electrons. The first-order valence-electron chi connectivity index (χ1n) is 11.1. The van der Waals surface area contributed by atoms with Crippen molar-refractivity contribution < 1.29 is 0 Å². The average Bonchev–Trinajstić information content (AvgIpc) is 3.46. The number of hydrogen-bond acceptors (Lipinski definition) is 3. The minimum Gasteiger partial charge on any atom is -0.357 e. The molecule has 2 aromatic heterocycles. The van der Waals surface area contributed by atoms with Crippen LogP contribution in [0.1, 0.15) is 31.7 Å². The molecule has 1 saturated heterocycles. The molecule has 3 heterocycles. The van der Waals surface area contributed by atoms with Crippen molar-refractivity contribution in [1.29, 1.82) is 0 Å². The van der Waals surface area contributed by atoms with E-state index in [9.17, 15) is 0 Å². The van der Waals surface area contributed by atoms with Crippen molar-refractivity contribution in [3.05, 3.63) is 60.4 Å². The normalized spacial score (nSPS) is 14.4. The molecular formula is C24H32N6. The molecule has 6 nitrogen and oxygen atoms in total. The zero-order chi connectivity index (χ0) is 20.6. The Morgan fingerprint density at radius 2 is 1.93 bits per heavy atom. The lowest BCUT2D eigenvalue weighted by Crippen LogP contribution is -2.38. The number of benzene rings is 1. The van der Waals surface area contributed by atoms with E-state index in [1.807, 2.05) is 6.20 Å². The summed E-state index contributed by atoms with van der Waals surface area (Å²) in [5, 5.41) is 8.09. The SMILES string of the molecule is CCNC(=NCc1ccc(N2CCCC2)nc1)NCCCn1ccc2ccccc21. The summed E-state index contributed by atoms with van der Waals surface area (Å²) in [6.45, 7) is 7.68. The number of hydrogen-bond donors (Lipinski definition) is 2. The number of guanidine groups is 1. The average molecular weight is 405 g/mol. The van der Waals surface area contributed by atoms with Gasteiger partial charge in [0.05, 0.1) is 6.54 Å². The summed E-state index contributed by atoms with van der Waals surface area (Å²) in [7, 11) is 0. The smallest absolute Gasteiger partial charge is 0.191 e. The number of aliphatic imine (C=N–C) groups is 1. The molecule has 158 valence electrons. The van der Waals surface area contributed by atoms with E-state index in [1.54, 1.807) is 0 Å². The second-order valence-corrected chi connectivity index (χ2v) is 7.76. The highest BCUT2D eigenvalue weighted by Gasteiger charge is 2.12. The number of pyridine rings is 1. The van der Waals surface area contributed by atoms with Crippen LogP contribution >= 0.6 is 0 Å². The van der Waals surface area contributed by atoms with E-state index in [4.69, 9.17) is 4.99 Å². The van der Waals surface area contributed by atoms with Gasteiger partial charge >= 0.3 is 0 Å². The van der Waals surface area contributed by atoms with Gasteiger partial charge in [0.25, 0.3) is 0 Å². The molecular weight excluding hydrogens is 372 g/mol. The maximum Gasteiger partial charge on any atom is 0.191 e. The Morgan fingerprint density at radius 1 is 1.07 bits per heavy atom. The lowest BCUT2D eigenvalue weighted by molar-refractivity contribution is 0.641. The van der Waals surface area contributed by atoms with Crippen molar-refractivity contribution >= 4 is 22.7 Å². The minimum atomic E-state index is 0.630. The number of anilines is 1. The first-order chi connectivity index (χ1) is 14.8. The van der Waals surface area contributed by atoms with Crippen LogP contribution in [0.25, 0.3) is 10.9 Å². The molecule has 0 spiro atoms. The van der Waals surface area contributed by atoms with Crippen LogP contribution < -0.4 is 15.5 Å². The highest BCUT2D eigenvalue weighted by atomic mass is 15.2. The van der Waals surface area contributed by atoms with Crippen molar-refractivity contribution in [3.63, 3.8) is 0 Å². The summed E-state index contributed by atoms with van der Waals surface area (Å²) in [5.41, 5.74) is 2.43. The molecule has 6 heteroatoms. The summed E-state index contributed by atoms with van der Waals surface area (Å²) in [6, 6.07) is 15.0. The Labute approximate surface area is 179 Å². The molecule has 1 aromatic carbocycles. The quantitative estimate of drug-likeness (QED) is 0.341. The molecule has 0 saturated carbocycles. The minimum absolute atomic E-state index is 0.630. The van der Waals surface area contributed by atoms with Crippen molar-refractivity contribution in [2.75, 3.05) is 31.1 Å². The molecule has 3 aromatic rings. The van der Waals surface area contributed by atoms with Crippen LogP contribution in [0.15, 0.2) is 59.9 Å². The summed E-state index contributed by atoms with van der Waals surface area (Å²) < 4.78 is 2.31. The molecule has 0 bridgehead atoms. The van der Waals surface area contributed by atoms with Crippen molar-refractivity contribution in [2.24, 2.45) is 4.99 Å². The molecule has 1 aliphatic heterocycles. The van der Waals surface area contributed by atoms with Crippen molar-refractivity contribution in [1.82, 2.24) is 20.2 Å². The number of aryl methyl sites for hydroxylation is 1. The summed E-state index contributed by atoms with van der Waals surface area (Å²) in [6.07, 6.45) is 7.70. The molecule has 0 atom stereocenters. The maximum absolute atomic E-state index is 4.73. The number of nitrogens with zero attached hydrogens (tertiary/aromatic N) is 4. The molecule has 2 N–H and O–H groups in total. The molecule has 0 unspecified atom stereocenters. The first-order valence-corrected chi connectivity index (χ1v) is 11.1. The Morgan fingerprint density at radius 3 is 2.73 bits per heavy atom. The number of aromatic nitrogens is 2. The zero-order valence-corrected chi connectivity index (χ0v) is 17.8. The molecule has 4 rings (SSSR count). The van der Waals surface area contributed by atoms with Gasteiger partial charge in [-0.1, -0.05) is 24.3 Å². The second kappa shape index (κ2) is 10.1. The topological polar surface area (TPSA) is 57.5 Å². The van der Waals surface area contributed by atoms with E-state index >= 15 is 0 Å². The number of rotatable bonds is 8. The Bertz CT molecular complexity index is 953. The Hall–Kier alpha value is -3.02. The van der Waals surface area contributed by atoms with Crippen LogP contribution in [-0.4, -0.2) is 41.7 Å². The van der Waals surface area contributed by atoms with Gasteiger partial charge in [0.1, 0.15) is 5.82 Å². The van der Waals surface area contributed by atoms with Gasteiger partial charge in [-0.05, 0) is 55.3 Å². The van der Waals surface area contributed by atoms with E-state index in [2.05, 4.69) is 80.7 Å². The Kier molecular flexibility index (Phi) is 6.85. The van der Waals surface area contributed by atoms with Crippen LogP contribution in [0.4, 0.5) is 5.82 Å². The van der Waals surface area contributed by atoms with Crippen LogP contribution in [-0.2, 0) is 13.1 Å². The van der Waals surface area contributed by atoms with Crippen LogP contribution in [0.2, 0.25) is 0 Å². The van der Waals surface area contributed by atoms with Crippen molar-refractivity contribution in [3.8, 4) is 0 Å². The van der Waals surface area contributed by atoms with Gasteiger partial charge in [0.2, 0.25) is 0 Å².